The summed E-state index contributed by atoms with van der Waals surface area (Å²) < 4.78 is 0. The predicted octanol–water partition coefficient (Wildman–Crippen LogP) is 4.03. The third-order valence-corrected chi connectivity index (χ3v) is 4.84. The van der Waals surface area contributed by atoms with Gasteiger partial charge in [0.25, 0.3) is 0 Å². The van der Waals surface area contributed by atoms with Crippen molar-refractivity contribution in [1.29, 1.82) is 0 Å². The zero-order chi connectivity index (χ0) is 17.0. The summed E-state index contributed by atoms with van der Waals surface area (Å²) in [5.74, 6) is -0.00144. The van der Waals surface area contributed by atoms with Gasteiger partial charge in [0.05, 0.1) is 0 Å². The molecule has 0 unspecified atom stereocenters. The third kappa shape index (κ3) is 3.22. The van der Waals surface area contributed by atoms with Crippen molar-refractivity contribution >= 4 is 5.71 Å². The van der Waals surface area contributed by atoms with Crippen molar-refractivity contribution in [3.05, 3.63) is 71.8 Å². The minimum atomic E-state index is -1.04. The summed E-state index contributed by atoms with van der Waals surface area (Å²) in [6.45, 7) is 0. The van der Waals surface area contributed by atoms with Gasteiger partial charge in [-0.2, -0.15) is 5.10 Å². The van der Waals surface area contributed by atoms with E-state index in [4.69, 9.17) is 5.10 Å². The SMILES string of the molecule is CN(C)/N=C1/CCCC[C@H]1C(O)(c1ccccc1)c1ccccc1. The summed E-state index contributed by atoms with van der Waals surface area (Å²) in [7, 11) is 3.89. The lowest BCUT2D eigenvalue weighted by atomic mass is 9.69. The van der Waals surface area contributed by atoms with Crippen molar-refractivity contribution in [3.8, 4) is 0 Å². The molecule has 24 heavy (non-hydrogen) atoms. The van der Waals surface area contributed by atoms with Gasteiger partial charge in [-0.05, 0) is 30.4 Å². The van der Waals surface area contributed by atoms with Crippen LogP contribution in [0.1, 0.15) is 36.8 Å². The normalized spacial score (nSPS) is 20.1. The van der Waals surface area contributed by atoms with Gasteiger partial charge in [0, 0.05) is 25.7 Å². The monoisotopic (exact) mass is 322 g/mol. The van der Waals surface area contributed by atoms with Crippen LogP contribution >= 0.6 is 0 Å². The Bertz CT molecular complexity index is 640. The van der Waals surface area contributed by atoms with Crippen molar-refractivity contribution in [2.75, 3.05) is 14.1 Å². The highest BCUT2D eigenvalue weighted by atomic mass is 16.3. The van der Waals surface area contributed by atoms with E-state index in [0.717, 1.165) is 42.5 Å². The molecule has 1 aliphatic carbocycles. The number of hydrazone groups is 1. The third-order valence-electron chi connectivity index (χ3n) is 4.84. The second-order valence-electron chi connectivity index (χ2n) is 6.74. The van der Waals surface area contributed by atoms with Gasteiger partial charge in [-0.1, -0.05) is 67.1 Å². The van der Waals surface area contributed by atoms with E-state index < -0.39 is 5.60 Å². The molecule has 0 amide bonds. The van der Waals surface area contributed by atoms with E-state index in [9.17, 15) is 5.11 Å². The van der Waals surface area contributed by atoms with Crippen molar-refractivity contribution in [2.45, 2.75) is 31.3 Å². The molecule has 2 aromatic carbocycles. The molecule has 0 bridgehead atoms. The van der Waals surface area contributed by atoms with Crippen LogP contribution in [0.2, 0.25) is 0 Å². The molecule has 2 aromatic rings. The Labute approximate surface area is 144 Å². The Hall–Kier alpha value is -2.13. The maximum absolute atomic E-state index is 12.0. The van der Waals surface area contributed by atoms with Gasteiger partial charge >= 0.3 is 0 Å². The van der Waals surface area contributed by atoms with E-state index in [1.54, 1.807) is 0 Å². The lowest BCUT2D eigenvalue weighted by Gasteiger charge is -2.40. The Morgan fingerprint density at radius 2 is 1.46 bits per heavy atom. The maximum Gasteiger partial charge on any atom is 0.123 e. The zero-order valence-electron chi connectivity index (χ0n) is 14.5. The standard InChI is InChI=1S/C21H26N2O/c1-23(2)22-20-16-10-9-15-19(20)21(24,17-11-5-3-6-12-17)18-13-7-4-8-14-18/h3-8,11-14,19,24H,9-10,15-16H2,1-2H3/b22-20-/t19-/m1/s1. The number of hydrogen-bond acceptors (Lipinski definition) is 3. The molecule has 1 aliphatic rings. The van der Waals surface area contributed by atoms with Gasteiger partial charge in [-0.25, -0.2) is 0 Å². The van der Waals surface area contributed by atoms with Gasteiger partial charge in [0.2, 0.25) is 0 Å². The minimum Gasteiger partial charge on any atom is -0.380 e. The fourth-order valence-electron chi connectivity index (χ4n) is 3.78. The number of benzene rings is 2. The molecule has 3 rings (SSSR count). The average molecular weight is 322 g/mol. The van der Waals surface area contributed by atoms with Crippen molar-refractivity contribution in [2.24, 2.45) is 11.0 Å². The number of aliphatic hydroxyl groups is 1. The van der Waals surface area contributed by atoms with E-state index in [2.05, 4.69) is 0 Å². The Morgan fingerprint density at radius 1 is 0.917 bits per heavy atom. The van der Waals surface area contributed by atoms with Crippen LogP contribution in [0.3, 0.4) is 0 Å². The molecule has 0 heterocycles. The van der Waals surface area contributed by atoms with Gasteiger partial charge < -0.3 is 10.1 Å². The highest BCUT2D eigenvalue weighted by Crippen LogP contribution is 2.42. The molecule has 1 atom stereocenters. The molecule has 3 nitrogen and oxygen atoms in total. The Morgan fingerprint density at radius 3 is 1.96 bits per heavy atom. The predicted molar refractivity (Wildman–Crippen MR) is 99.0 cm³/mol. The molecule has 0 aromatic heterocycles. The number of rotatable bonds is 4. The molecule has 0 aliphatic heterocycles. The van der Waals surface area contributed by atoms with E-state index in [0.29, 0.717) is 0 Å². The van der Waals surface area contributed by atoms with Crippen molar-refractivity contribution in [3.63, 3.8) is 0 Å². The first-order valence-corrected chi connectivity index (χ1v) is 8.70. The average Bonchev–Trinajstić information content (AvgIpc) is 2.62. The molecular weight excluding hydrogens is 296 g/mol. The summed E-state index contributed by atoms with van der Waals surface area (Å²) in [6, 6.07) is 20.1. The van der Waals surface area contributed by atoms with Crippen LogP contribution in [0.25, 0.3) is 0 Å². The van der Waals surface area contributed by atoms with Crippen molar-refractivity contribution in [1.82, 2.24) is 5.01 Å². The Kier molecular flexibility index (Phi) is 5.00. The molecule has 126 valence electrons. The Balaban J connectivity index is 2.14. The molecule has 3 heteroatoms. The van der Waals surface area contributed by atoms with Gasteiger partial charge in [-0.15, -0.1) is 0 Å². The molecule has 0 radical (unpaired) electrons. The van der Waals surface area contributed by atoms with E-state index in [1.807, 2.05) is 79.8 Å². The summed E-state index contributed by atoms with van der Waals surface area (Å²) in [5, 5.41) is 18.5. The van der Waals surface area contributed by atoms with Crippen LogP contribution in [-0.4, -0.2) is 29.9 Å². The van der Waals surface area contributed by atoms with Gasteiger partial charge in [0.15, 0.2) is 0 Å². The first-order valence-electron chi connectivity index (χ1n) is 8.70. The smallest absolute Gasteiger partial charge is 0.123 e. The van der Waals surface area contributed by atoms with E-state index >= 15 is 0 Å². The zero-order valence-corrected chi connectivity index (χ0v) is 14.5. The van der Waals surface area contributed by atoms with Gasteiger partial charge in [-0.3, -0.25) is 0 Å². The van der Waals surface area contributed by atoms with Crippen molar-refractivity contribution < 1.29 is 5.11 Å². The van der Waals surface area contributed by atoms with E-state index in [1.165, 1.54) is 0 Å². The topological polar surface area (TPSA) is 35.8 Å². The quantitative estimate of drug-likeness (QED) is 0.863. The van der Waals surface area contributed by atoms with Crippen LogP contribution < -0.4 is 0 Å². The first kappa shape index (κ1) is 16.7. The maximum atomic E-state index is 12.0. The minimum absolute atomic E-state index is 0.00144. The van der Waals surface area contributed by atoms with Gasteiger partial charge in [0.1, 0.15) is 5.60 Å². The van der Waals surface area contributed by atoms with Crippen LogP contribution in [-0.2, 0) is 5.60 Å². The highest BCUT2D eigenvalue weighted by molar-refractivity contribution is 5.89. The second kappa shape index (κ2) is 7.18. The fraction of sp³-hybridized carbons (Fsp3) is 0.381. The van der Waals surface area contributed by atoms with Crippen LogP contribution in [0.5, 0.6) is 0 Å². The summed E-state index contributed by atoms with van der Waals surface area (Å²) in [6.07, 6.45) is 4.17. The molecule has 1 fully saturated rings. The molecular formula is C21H26N2O. The summed E-state index contributed by atoms with van der Waals surface area (Å²) >= 11 is 0. The van der Waals surface area contributed by atoms with Crippen LogP contribution in [0, 0.1) is 5.92 Å². The summed E-state index contributed by atoms with van der Waals surface area (Å²) in [4.78, 5) is 0. The van der Waals surface area contributed by atoms with E-state index in [-0.39, 0.29) is 5.92 Å². The first-order chi connectivity index (χ1) is 11.6. The molecule has 0 saturated heterocycles. The number of nitrogens with zero attached hydrogens (tertiary/aromatic N) is 2. The molecule has 0 spiro atoms. The largest absolute Gasteiger partial charge is 0.380 e. The second-order valence-corrected chi connectivity index (χ2v) is 6.74. The van der Waals surface area contributed by atoms with Crippen LogP contribution in [0.4, 0.5) is 0 Å². The molecule has 1 N–H and O–H groups in total. The molecule has 1 saturated carbocycles. The summed E-state index contributed by atoms with van der Waals surface area (Å²) in [5.41, 5.74) is 1.93. The lowest BCUT2D eigenvalue weighted by Crippen LogP contribution is -2.43. The lowest BCUT2D eigenvalue weighted by molar-refractivity contribution is 0.0358. The fourth-order valence-corrected chi connectivity index (χ4v) is 3.78. The highest BCUT2D eigenvalue weighted by Gasteiger charge is 2.43. The number of hydrogen-bond donors (Lipinski definition) is 1. The van der Waals surface area contributed by atoms with Crippen LogP contribution in [0.15, 0.2) is 65.8 Å².